The Morgan fingerprint density at radius 3 is 2.75 bits per heavy atom. The molecule has 2 heterocycles. The Bertz CT molecular complexity index is 579. The Morgan fingerprint density at radius 1 is 1.46 bits per heavy atom. The number of amides is 1. The molecule has 24 heavy (non-hydrogen) atoms. The van der Waals surface area contributed by atoms with Crippen LogP contribution in [0.15, 0.2) is 17.6 Å². The summed E-state index contributed by atoms with van der Waals surface area (Å²) in [5.41, 5.74) is 0. The third kappa shape index (κ3) is 5.91. The largest absolute Gasteiger partial charge is 0.353 e. The van der Waals surface area contributed by atoms with Crippen molar-refractivity contribution in [1.82, 2.24) is 15.1 Å². The standard InChI is InChI=1S/C15H26N4O3S.HI/c1-3-6-16-15(17-10-13-5-9-23(21,22)12-13)19-8-7-18(4-2)14(20)11-19;/h3,13H,1,4-12H2,2H3,(H,16,17);1H. The van der Waals surface area contributed by atoms with Crippen LogP contribution in [0.4, 0.5) is 0 Å². The molecule has 0 saturated carbocycles. The number of carbonyl (C=O) groups is 1. The van der Waals surface area contributed by atoms with Crippen molar-refractivity contribution in [2.24, 2.45) is 10.9 Å². The van der Waals surface area contributed by atoms with Crippen LogP contribution >= 0.6 is 24.0 Å². The van der Waals surface area contributed by atoms with Crippen molar-refractivity contribution in [1.29, 1.82) is 0 Å². The van der Waals surface area contributed by atoms with Gasteiger partial charge >= 0.3 is 0 Å². The lowest BCUT2D eigenvalue weighted by Crippen LogP contribution is -2.55. The highest BCUT2D eigenvalue weighted by molar-refractivity contribution is 14.0. The van der Waals surface area contributed by atoms with Gasteiger partial charge in [0.05, 0.1) is 18.1 Å². The van der Waals surface area contributed by atoms with E-state index in [-0.39, 0.29) is 47.3 Å². The number of hydrogen-bond acceptors (Lipinski definition) is 4. The van der Waals surface area contributed by atoms with Crippen LogP contribution in [0.1, 0.15) is 13.3 Å². The molecule has 0 spiro atoms. The highest BCUT2D eigenvalue weighted by Crippen LogP contribution is 2.18. The molecule has 1 amide bonds. The lowest BCUT2D eigenvalue weighted by molar-refractivity contribution is -0.134. The second kappa shape index (κ2) is 9.59. The predicted octanol–water partition coefficient (Wildman–Crippen LogP) is 0.335. The normalized spacial score (nSPS) is 23.8. The summed E-state index contributed by atoms with van der Waals surface area (Å²) in [6, 6.07) is 0. The molecule has 1 atom stereocenters. The second-order valence-electron chi connectivity index (χ2n) is 6.00. The highest BCUT2D eigenvalue weighted by Gasteiger charge is 2.29. The van der Waals surface area contributed by atoms with Crippen molar-refractivity contribution in [3.8, 4) is 0 Å². The number of piperazine rings is 1. The van der Waals surface area contributed by atoms with Crippen LogP contribution in [0.25, 0.3) is 0 Å². The summed E-state index contributed by atoms with van der Waals surface area (Å²) in [6.45, 7) is 9.12. The Balaban J connectivity index is 0.00000288. The quantitative estimate of drug-likeness (QED) is 0.271. The molecule has 9 heteroatoms. The number of halogens is 1. The fraction of sp³-hybridized carbons (Fsp3) is 0.733. The Kier molecular flexibility index (Phi) is 8.48. The number of nitrogens with one attached hydrogen (secondary N) is 1. The number of nitrogens with zero attached hydrogens (tertiary/aromatic N) is 3. The molecule has 1 unspecified atom stereocenters. The van der Waals surface area contributed by atoms with Gasteiger partial charge in [-0.15, -0.1) is 30.6 Å². The van der Waals surface area contributed by atoms with Gasteiger partial charge in [0.2, 0.25) is 5.91 Å². The number of rotatable bonds is 5. The topological polar surface area (TPSA) is 82.1 Å². The highest BCUT2D eigenvalue weighted by atomic mass is 127. The first kappa shape index (κ1) is 21.2. The van der Waals surface area contributed by atoms with E-state index in [0.29, 0.717) is 38.6 Å². The molecule has 2 aliphatic rings. The Morgan fingerprint density at radius 2 is 2.21 bits per heavy atom. The summed E-state index contributed by atoms with van der Waals surface area (Å²) in [7, 11) is -2.88. The van der Waals surface area contributed by atoms with Crippen molar-refractivity contribution in [3.05, 3.63) is 12.7 Å². The Hall–Kier alpha value is -0.840. The zero-order valence-electron chi connectivity index (χ0n) is 14.1. The molecule has 2 aliphatic heterocycles. The van der Waals surface area contributed by atoms with Gasteiger partial charge in [0.25, 0.3) is 0 Å². The smallest absolute Gasteiger partial charge is 0.242 e. The minimum absolute atomic E-state index is 0. The molecule has 0 bridgehead atoms. The Labute approximate surface area is 161 Å². The van der Waals surface area contributed by atoms with Gasteiger partial charge in [0.15, 0.2) is 15.8 Å². The van der Waals surface area contributed by atoms with Crippen molar-refractivity contribution in [2.45, 2.75) is 13.3 Å². The summed E-state index contributed by atoms with van der Waals surface area (Å²) >= 11 is 0. The molecule has 2 rings (SSSR count). The molecule has 0 aliphatic carbocycles. The van der Waals surface area contributed by atoms with Crippen molar-refractivity contribution in [3.63, 3.8) is 0 Å². The average Bonchev–Trinajstić information content (AvgIpc) is 2.86. The molecular weight excluding hydrogens is 443 g/mol. The number of carbonyl (C=O) groups excluding carboxylic acids is 1. The summed E-state index contributed by atoms with van der Waals surface area (Å²) in [6.07, 6.45) is 2.41. The molecule has 0 aromatic rings. The van der Waals surface area contributed by atoms with Crippen LogP contribution < -0.4 is 5.32 Å². The molecule has 138 valence electrons. The van der Waals surface area contributed by atoms with Crippen molar-refractivity contribution >= 4 is 45.7 Å². The van der Waals surface area contributed by atoms with Crippen LogP contribution in [-0.4, -0.2) is 80.9 Å². The van der Waals surface area contributed by atoms with E-state index in [9.17, 15) is 13.2 Å². The van der Waals surface area contributed by atoms with Gasteiger partial charge in [0.1, 0.15) is 0 Å². The van der Waals surface area contributed by atoms with Gasteiger partial charge < -0.3 is 15.1 Å². The van der Waals surface area contributed by atoms with Crippen LogP contribution in [0.3, 0.4) is 0 Å². The minimum Gasteiger partial charge on any atom is -0.353 e. The van der Waals surface area contributed by atoms with Crippen molar-refractivity contribution < 1.29 is 13.2 Å². The van der Waals surface area contributed by atoms with E-state index >= 15 is 0 Å². The summed E-state index contributed by atoms with van der Waals surface area (Å²) in [5.74, 6) is 1.31. The van der Waals surface area contributed by atoms with Gasteiger partial charge in [-0.2, -0.15) is 0 Å². The van der Waals surface area contributed by atoms with E-state index in [2.05, 4.69) is 16.9 Å². The van der Waals surface area contributed by atoms with E-state index in [0.717, 1.165) is 13.1 Å². The van der Waals surface area contributed by atoms with Gasteiger partial charge in [-0.25, -0.2) is 8.42 Å². The van der Waals surface area contributed by atoms with Gasteiger partial charge in [-0.3, -0.25) is 9.79 Å². The fourth-order valence-corrected chi connectivity index (χ4v) is 4.74. The number of guanidine groups is 1. The third-order valence-corrected chi connectivity index (χ3v) is 6.07. The summed E-state index contributed by atoms with van der Waals surface area (Å²) in [5, 5.41) is 3.17. The maximum absolute atomic E-state index is 12.1. The fourth-order valence-electron chi connectivity index (χ4n) is 2.89. The molecule has 2 fully saturated rings. The lowest BCUT2D eigenvalue weighted by Gasteiger charge is -2.35. The average molecular weight is 470 g/mol. The molecule has 0 aromatic carbocycles. The maximum Gasteiger partial charge on any atom is 0.242 e. The predicted molar refractivity (Wildman–Crippen MR) is 107 cm³/mol. The molecule has 0 aromatic heterocycles. The van der Waals surface area contributed by atoms with Crippen LogP contribution in [0, 0.1) is 5.92 Å². The van der Waals surface area contributed by atoms with Gasteiger partial charge in [0, 0.05) is 32.7 Å². The maximum atomic E-state index is 12.1. The second-order valence-corrected chi connectivity index (χ2v) is 8.23. The first-order valence-electron chi connectivity index (χ1n) is 8.07. The monoisotopic (exact) mass is 470 g/mol. The van der Waals surface area contributed by atoms with E-state index in [1.807, 2.05) is 16.7 Å². The van der Waals surface area contributed by atoms with E-state index in [1.165, 1.54) is 0 Å². The lowest BCUT2D eigenvalue weighted by atomic mass is 10.1. The molecule has 1 N–H and O–H groups in total. The first-order chi connectivity index (χ1) is 10.9. The van der Waals surface area contributed by atoms with Gasteiger partial charge in [-0.05, 0) is 19.3 Å². The van der Waals surface area contributed by atoms with Crippen molar-refractivity contribution in [2.75, 3.05) is 50.8 Å². The molecule has 0 radical (unpaired) electrons. The van der Waals surface area contributed by atoms with Gasteiger partial charge in [-0.1, -0.05) is 6.08 Å². The molecular formula is C15H27IN4O3S. The first-order valence-corrected chi connectivity index (χ1v) is 9.89. The minimum atomic E-state index is -2.88. The number of aliphatic imine (C=N–C) groups is 1. The zero-order chi connectivity index (χ0) is 16.9. The SMILES string of the molecule is C=CCNC(=NCC1CCS(=O)(=O)C1)N1CCN(CC)C(=O)C1.I. The third-order valence-electron chi connectivity index (χ3n) is 4.23. The van der Waals surface area contributed by atoms with Crippen LogP contribution in [-0.2, 0) is 14.6 Å². The molecule has 7 nitrogen and oxygen atoms in total. The number of likely N-dealkylation sites (N-methyl/N-ethyl adjacent to an activating group) is 1. The van der Waals surface area contributed by atoms with Crippen LogP contribution in [0.5, 0.6) is 0 Å². The van der Waals surface area contributed by atoms with Crippen LogP contribution in [0.2, 0.25) is 0 Å². The molecule has 2 saturated heterocycles. The van der Waals surface area contributed by atoms with E-state index in [1.54, 1.807) is 6.08 Å². The van der Waals surface area contributed by atoms with E-state index < -0.39 is 9.84 Å². The summed E-state index contributed by atoms with van der Waals surface area (Å²) < 4.78 is 23.1. The number of sulfone groups is 1. The van der Waals surface area contributed by atoms with E-state index in [4.69, 9.17) is 0 Å². The zero-order valence-corrected chi connectivity index (χ0v) is 17.3. The number of hydrogen-bond donors (Lipinski definition) is 1. The summed E-state index contributed by atoms with van der Waals surface area (Å²) in [4.78, 5) is 20.4.